The van der Waals surface area contributed by atoms with Crippen molar-refractivity contribution in [2.24, 2.45) is 0 Å². The van der Waals surface area contributed by atoms with Gasteiger partial charge in [0.05, 0.1) is 18.4 Å². The molecule has 0 aliphatic carbocycles. The number of carbonyl (C=O) groups excluding carboxylic acids is 1. The van der Waals surface area contributed by atoms with Crippen molar-refractivity contribution in [3.05, 3.63) is 17.7 Å². The fraction of sp³-hybridized carbons (Fsp3) is 0.300. The number of fused-ring (bicyclic) bond motifs is 1. The van der Waals surface area contributed by atoms with Gasteiger partial charge in [-0.1, -0.05) is 0 Å². The Kier molecular flexibility index (Phi) is 2.26. The SMILES string of the molecule is COc1cc2c(cc1C=O)OCCN2. The maximum Gasteiger partial charge on any atom is 0.153 e. The summed E-state index contributed by atoms with van der Waals surface area (Å²) in [4.78, 5) is 10.7. The van der Waals surface area contributed by atoms with E-state index in [2.05, 4.69) is 5.32 Å². The molecule has 14 heavy (non-hydrogen) atoms. The van der Waals surface area contributed by atoms with E-state index >= 15 is 0 Å². The van der Waals surface area contributed by atoms with Crippen molar-refractivity contribution < 1.29 is 14.3 Å². The van der Waals surface area contributed by atoms with Crippen LogP contribution in [0.2, 0.25) is 0 Å². The summed E-state index contributed by atoms with van der Waals surface area (Å²) in [5.74, 6) is 1.27. The number of hydrogen-bond donors (Lipinski definition) is 1. The molecule has 2 rings (SSSR count). The van der Waals surface area contributed by atoms with E-state index in [-0.39, 0.29) is 0 Å². The number of rotatable bonds is 2. The minimum Gasteiger partial charge on any atom is -0.496 e. The molecule has 4 nitrogen and oxygen atoms in total. The van der Waals surface area contributed by atoms with Gasteiger partial charge in [0.15, 0.2) is 6.29 Å². The smallest absolute Gasteiger partial charge is 0.153 e. The Hall–Kier alpha value is -1.71. The second kappa shape index (κ2) is 3.57. The largest absolute Gasteiger partial charge is 0.496 e. The summed E-state index contributed by atoms with van der Waals surface area (Å²) >= 11 is 0. The summed E-state index contributed by atoms with van der Waals surface area (Å²) in [5, 5.41) is 3.17. The van der Waals surface area contributed by atoms with Crippen molar-refractivity contribution in [1.29, 1.82) is 0 Å². The topological polar surface area (TPSA) is 47.6 Å². The van der Waals surface area contributed by atoms with Crippen LogP contribution in [-0.4, -0.2) is 26.5 Å². The normalized spacial score (nSPS) is 13.5. The van der Waals surface area contributed by atoms with Crippen LogP contribution in [0, 0.1) is 0 Å². The van der Waals surface area contributed by atoms with Crippen molar-refractivity contribution in [3.63, 3.8) is 0 Å². The lowest BCUT2D eigenvalue weighted by molar-refractivity contribution is 0.112. The lowest BCUT2D eigenvalue weighted by atomic mass is 10.1. The maximum absolute atomic E-state index is 10.7. The van der Waals surface area contributed by atoms with Crippen LogP contribution in [0.5, 0.6) is 11.5 Å². The Balaban J connectivity index is 2.48. The number of carbonyl (C=O) groups is 1. The minimum atomic E-state index is 0.509. The molecule has 1 aromatic carbocycles. The van der Waals surface area contributed by atoms with E-state index in [1.807, 2.05) is 0 Å². The third-order valence-corrected chi connectivity index (χ3v) is 2.13. The zero-order chi connectivity index (χ0) is 9.97. The molecule has 1 heterocycles. The van der Waals surface area contributed by atoms with Crippen LogP contribution < -0.4 is 14.8 Å². The quantitative estimate of drug-likeness (QED) is 0.719. The van der Waals surface area contributed by atoms with Crippen molar-refractivity contribution in [2.45, 2.75) is 0 Å². The third-order valence-electron chi connectivity index (χ3n) is 2.13. The van der Waals surface area contributed by atoms with E-state index in [1.54, 1.807) is 19.2 Å². The van der Waals surface area contributed by atoms with Crippen molar-refractivity contribution in [3.8, 4) is 11.5 Å². The summed E-state index contributed by atoms with van der Waals surface area (Å²) in [6, 6.07) is 3.46. The van der Waals surface area contributed by atoms with Gasteiger partial charge in [0.25, 0.3) is 0 Å². The molecule has 0 saturated carbocycles. The Morgan fingerprint density at radius 1 is 1.57 bits per heavy atom. The van der Waals surface area contributed by atoms with Crippen LogP contribution in [0.25, 0.3) is 0 Å². The molecule has 1 N–H and O–H groups in total. The number of benzene rings is 1. The molecule has 0 aromatic heterocycles. The van der Waals surface area contributed by atoms with E-state index < -0.39 is 0 Å². The van der Waals surface area contributed by atoms with Crippen LogP contribution in [0.4, 0.5) is 5.69 Å². The molecule has 0 bridgehead atoms. The van der Waals surface area contributed by atoms with Crippen LogP contribution in [0.3, 0.4) is 0 Å². The summed E-state index contributed by atoms with van der Waals surface area (Å²) in [5.41, 5.74) is 1.38. The number of nitrogens with one attached hydrogen (secondary N) is 1. The second-order valence-electron chi connectivity index (χ2n) is 2.98. The van der Waals surface area contributed by atoms with Crippen molar-refractivity contribution in [1.82, 2.24) is 0 Å². The zero-order valence-corrected chi connectivity index (χ0v) is 7.87. The molecule has 0 fully saturated rings. The van der Waals surface area contributed by atoms with Gasteiger partial charge in [0.2, 0.25) is 0 Å². The predicted molar refractivity (Wildman–Crippen MR) is 52.4 cm³/mol. The third kappa shape index (κ3) is 1.39. The fourth-order valence-electron chi connectivity index (χ4n) is 1.45. The molecule has 1 aromatic rings. The maximum atomic E-state index is 10.7. The molecule has 4 heteroatoms. The molecular formula is C10H11NO3. The average Bonchev–Trinajstić information content (AvgIpc) is 2.27. The van der Waals surface area contributed by atoms with E-state index in [0.29, 0.717) is 23.7 Å². The molecule has 1 aliphatic rings. The van der Waals surface area contributed by atoms with Gasteiger partial charge in [-0.25, -0.2) is 0 Å². The average molecular weight is 193 g/mol. The minimum absolute atomic E-state index is 0.509. The van der Waals surface area contributed by atoms with Crippen LogP contribution in [0.15, 0.2) is 12.1 Å². The number of methoxy groups -OCH3 is 1. The Morgan fingerprint density at radius 3 is 3.14 bits per heavy atom. The van der Waals surface area contributed by atoms with Gasteiger partial charge in [-0.2, -0.15) is 0 Å². The number of aldehydes is 1. The second-order valence-corrected chi connectivity index (χ2v) is 2.98. The van der Waals surface area contributed by atoms with Gasteiger partial charge in [0.1, 0.15) is 18.1 Å². The van der Waals surface area contributed by atoms with Crippen molar-refractivity contribution in [2.75, 3.05) is 25.6 Å². The van der Waals surface area contributed by atoms with Gasteiger partial charge < -0.3 is 14.8 Å². The zero-order valence-electron chi connectivity index (χ0n) is 7.87. The van der Waals surface area contributed by atoms with E-state index in [4.69, 9.17) is 9.47 Å². The highest BCUT2D eigenvalue weighted by Crippen LogP contribution is 2.33. The van der Waals surface area contributed by atoms with E-state index in [1.165, 1.54) is 0 Å². The number of ether oxygens (including phenoxy) is 2. The Bertz CT molecular complexity index is 363. The standard InChI is InChI=1S/C10H11NO3/c1-13-9-5-8-10(4-7(9)6-12)14-3-2-11-8/h4-6,11H,2-3H2,1H3. The number of hydrogen-bond acceptors (Lipinski definition) is 4. The van der Waals surface area contributed by atoms with Gasteiger partial charge in [-0.05, 0) is 6.07 Å². The molecular weight excluding hydrogens is 182 g/mol. The first kappa shape index (κ1) is 8.87. The van der Waals surface area contributed by atoms with Gasteiger partial charge in [-0.3, -0.25) is 4.79 Å². The monoisotopic (exact) mass is 193 g/mol. The summed E-state index contributed by atoms with van der Waals surface area (Å²) in [6.07, 6.45) is 0.761. The molecule has 0 spiro atoms. The summed E-state index contributed by atoms with van der Waals surface area (Å²) in [6.45, 7) is 1.40. The van der Waals surface area contributed by atoms with Crippen LogP contribution in [-0.2, 0) is 0 Å². The van der Waals surface area contributed by atoms with Gasteiger partial charge in [0, 0.05) is 12.6 Å². The molecule has 1 aliphatic heterocycles. The summed E-state index contributed by atoms with van der Waals surface area (Å²) < 4.78 is 10.5. The Labute approximate surface area is 81.8 Å². The van der Waals surface area contributed by atoms with Gasteiger partial charge >= 0.3 is 0 Å². The Morgan fingerprint density at radius 2 is 2.43 bits per heavy atom. The fourth-order valence-corrected chi connectivity index (χ4v) is 1.45. The molecule has 0 unspecified atom stereocenters. The molecule has 74 valence electrons. The highest BCUT2D eigenvalue weighted by atomic mass is 16.5. The van der Waals surface area contributed by atoms with E-state index in [0.717, 1.165) is 18.5 Å². The molecule has 0 amide bonds. The molecule has 0 saturated heterocycles. The summed E-state index contributed by atoms with van der Waals surface area (Å²) in [7, 11) is 1.54. The first-order chi connectivity index (χ1) is 6.85. The van der Waals surface area contributed by atoms with Crippen LogP contribution in [0.1, 0.15) is 10.4 Å². The molecule has 0 radical (unpaired) electrons. The van der Waals surface area contributed by atoms with E-state index in [9.17, 15) is 4.79 Å². The highest BCUT2D eigenvalue weighted by molar-refractivity contribution is 5.83. The van der Waals surface area contributed by atoms with Crippen molar-refractivity contribution >= 4 is 12.0 Å². The van der Waals surface area contributed by atoms with Crippen LogP contribution >= 0.6 is 0 Å². The lowest BCUT2D eigenvalue weighted by Gasteiger charge is -2.20. The predicted octanol–water partition coefficient (Wildman–Crippen LogP) is 1.31. The first-order valence-corrected chi connectivity index (χ1v) is 4.39. The lowest BCUT2D eigenvalue weighted by Crippen LogP contribution is -2.18. The molecule has 0 atom stereocenters. The first-order valence-electron chi connectivity index (χ1n) is 4.39. The highest BCUT2D eigenvalue weighted by Gasteiger charge is 2.13. The number of anilines is 1. The van der Waals surface area contributed by atoms with Gasteiger partial charge in [-0.15, -0.1) is 0 Å².